The van der Waals surface area contributed by atoms with E-state index in [-0.39, 0.29) is 18.1 Å². The zero-order chi connectivity index (χ0) is 13.4. The van der Waals surface area contributed by atoms with E-state index in [0.29, 0.717) is 13.2 Å². The van der Waals surface area contributed by atoms with Crippen LogP contribution in [-0.2, 0) is 19.1 Å². The first-order valence-corrected chi connectivity index (χ1v) is 6.99. The third kappa shape index (κ3) is 4.77. The van der Waals surface area contributed by atoms with Gasteiger partial charge in [0.15, 0.2) is 5.78 Å². The van der Waals surface area contributed by atoms with Crippen LogP contribution in [-0.4, -0.2) is 31.1 Å². The van der Waals surface area contributed by atoms with Crippen molar-refractivity contribution in [2.45, 2.75) is 58.5 Å². The van der Waals surface area contributed by atoms with Gasteiger partial charge in [0, 0.05) is 6.61 Å². The van der Waals surface area contributed by atoms with Crippen molar-refractivity contribution in [3.63, 3.8) is 0 Å². The molecule has 0 aromatic heterocycles. The molecule has 0 bridgehead atoms. The van der Waals surface area contributed by atoms with Crippen molar-refractivity contribution in [3.05, 3.63) is 0 Å². The molecule has 0 radical (unpaired) electrons. The molecule has 0 amide bonds. The standard InChI is InChI=1S/C14H24O4/c1-3-17-13(16)10-12(15)14(18-4-2)11-8-6-5-7-9-11/h11,14H,3-10H2,1-2H3. The molecule has 1 unspecified atom stereocenters. The molecule has 4 heteroatoms. The van der Waals surface area contributed by atoms with Gasteiger partial charge in [0.2, 0.25) is 0 Å². The summed E-state index contributed by atoms with van der Waals surface area (Å²) in [4.78, 5) is 23.4. The van der Waals surface area contributed by atoms with Gasteiger partial charge < -0.3 is 9.47 Å². The Morgan fingerprint density at radius 2 is 1.78 bits per heavy atom. The number of hydrogen-bond acceptors (Lipinski definition) is 4. The fraction of sp³-hybridized carbons (Fsp3) is 0.857. The second-order valence-corrected chi connectivity index (χ2v) is 4.72. The number of ketones is 1. The van der Waals surface area contributed by atoms with Gasteiger partial charge in [-0.1, -0.05) is 19.3 Å². The normalized spacial score (nSPS) is 18.3. The summed E-state index contributed by atoms with van der Waals surface area (Å²) in [6, 6.07) is 0. The Morgan fingerprint density at radius 1 is 1.11 bits per heavy atom. The first-order valence-electron chi connectivity index (χ1n) is 6.99. The van der Waals surface area contributed by atoms with Crippen LogP contribution in [0.3, 0.4) is 0 Å². The zero-order valence-corrected chi connectivity index (χ0v) is 11.4. The number of hydrogen-bond donors (Lipinski definition) is 0. The van der Waals surface area contributed by atoms with E-state index in [0.717, 1.165) is 25.7 Å². The lowest BCUT2D eigenvalue weighted by atomic mass is 9.83. The van der Waals surface area contributed by atoms with Crippen LogP contribution in [0.15, 0.2) is 0 Å². The van der Waals surface area contributed by atoms with Gasteiger partial charge in [-0.2, -0.15) is 0 Å². The first-order chi connectivity index (χ1) is 8.69. The number of carbonyl (C=O) groups is 2. The van der Waals surface area contributed by atoms with Crippen LogP contribution in [0, 0.1) is 5.92 Å². The van der Waals surface area contributed by atoms with Crippen molar-refractivity contribution in [1.82, 2.24) is 0 Å². The molecule has 18 heavy (non-hydrogen) atoms. The highest BCUT2D eigenvalue weighted by Crippen LogP contribution is 2.29. The van der Waals surface area contributed by atoms with Crippen molar-refractivity contribution in [2.75, 3.05) is 13.2 Å². The molecule has 104 valence electrons. The van der Waals surface area contributed by atoms with E-state index in [9.17, 15) is 9.59 Å². The molecule has 0 aromatic carbocycles. The van der Waals surface area contributed by atoms with Gasteiger partial charge >= 0.3 is 5.97 Å². The van der Waals surface area contributed by atoms with Crippen molar-refractivity contribution in [2.24, 2.45) is 5.92 Å². The van der Waals surface area contributed by atoms with Gasteiger partial charge in [0.25, 0.3) is 0 Å². The van der Waals surface area contributed by atoms with Crippen LogP contribution in [0.5, 0.6) is 0 Å². The highest BCUT2D eigenvalue weighted by molar-refractivity contribution is 5.98. The van der Waals surface area contributed by atoms with Gasteiger partial charge in [-0.3, -0.25) is 9.59 Å². The lowest BCUT2D eigenvalue weighted by Crippen LogP contribution is -2.35. The third-order valence-corrected chi connectivity index (χ3v) is 3.37. The minimum Gasteiger partial charge on any atom is -0.466 e. The van der Waals surface area contributed by atoms with Crippen LogP contribution < -0.4 is 0 Å². The van der Waals surface area contributed by atoms with Crippen LogP contribution in [0.4, 0.5) is 0 Å². The van der Waals surface area contributed by atoms with Crippen LogP contribution >= 0.6 is 0 Å². The van der Waals surface area contributed by atoms with Crippen LogP contribution in [0.25, 0.3) is 0 Å². The lowest BCUT2D eigenvalue weighted by molar-refractivity contribution is -0.149. The summed E-state index contributed by atoms with van der Waals surface area (Å²) >= 11 is 0. The van der Waals surface area contributed by atoms with E-state index >= 15 is 0 Å². The molecular weight excluding hydrogens is 232 g/mol. The summed E-state index contributed by atoms with van der Waals surface area (Å²) in [5.74, 6) is -0.286. The molecule has 1 aliphatic rings. The second-order valence-electron chi connectivity index (χ2n) is 4.72. The highest BCUT2D eigenvalue weighted by atomic mass is 16.5. The molecule has 0 aromatic rings. The molecule has 1 rings (SSSR count). The largest absolute Gasteiger partial charge is 0.466 e. The van der Waals surface area contributed by atoms with Gasteiger partial charge in [0.05, 0.1) is 6.61 Å². The smallest absolute Gasteiger partial charge is 0.313 e. The van der Waals surface area contributed by atoms with Crippen molar-refractivity contribution in [1.29, 1.82) is 0 Å². The number of rotatable bonds is 7. The Bertz CT molecular complexity index is 269. The Morgan fingerprint density at radius 3 is 2.33 bits per heavy atom. The zero-order valence-electron chi connectivity index (χ0n) is 11.4. The Labute approximate surface area is 109 Å². The van der Waals surface area contributed by atoms with Crippen molar-refractivity contribution in [3.8, 4) is 0 Å². The Hall–Kier alpha value is -0.900. The minimum atomic E-state index is -0.442. The van der Waals surface area contributed by atoms with E-state index in [1.807, 2.05) is 6.92 Å². The maximum atomic E-state index is 12.1. The van der Waals surface area contributed by atoms with Gasteiger partial charge in [0.1, 0.15) is 12.5 Å². The number of esters is 1. The maximum Gasteiger partial charge on any atom is 0.313 e. The lowest BCUT2D eigenvalue weighted by Gasteiger charge is -2.28. The Balaban J connectivity index is 2.53. The summed E-state index contributed by atoms with van der Waals surface area (Å²) in [6.07, 6.45) is 5.02. The number of carbonyl (C=O) groups excluding carboxylic acids is 2. The fourth-order valence-electron chi connectivity index (χ4n) is 2.56. The summed E-state index contributed by atoms with van der Waals surface area (Å²) < 4.78 is 10.4. The molecule has 0 heterocycles. The van der Waals surface area contributed by atoms with Gasteiger partial charge in [-0.15, -0.1) is 0 Å². The fourth-order valence-corrected chi connectivity index (χ4v) is 2.56. The molecule has 0 saturated heterocycles. The molecule has 1 saturated carbocycles. The maximum absolute atomic E-state index is 12.1. The Kier molecular flexibility index (Phi) is 6.94. The molecule has 0 N–H and O–H groups in total. The number of Topliss-reactive ketones (excluding diaryl/α,β-unsaturated/α-hetero) is 1. The average Bonchev–Trinajstić information content (AvgIpc) is 2.37. The molecular formula is C14H24O4. The predicted molar refractivity (Wildman–Crippen MR) is 68.2 cm³/mol. The van der Waals surface area contributed by atoms with Crippen LogP contribution in [0.2, 0.25) is 0 Å². The summed E-state index contributed by atoms with van der Waals surface area (Å²) in [7, 11) is 0. The van der Waals surface area contributed by atoms with E-state index < -0.39 is 12.1 Å². The van der Waals surface area contributed by atoms with E-state index in [1.54, 1.807) is 6.92 Å². The van der Waals surface area contributed by atoms with E-state index in [1.165, 1.54) is 6.42 Å². The third-order valence-electron chi connectivity index (χ3n) is 3.37. The van der Waals surface area contributed by atoms with Gasteiger partial charge in [-0.05, 0) is 32.6 Å². The summed E-state index contributed by atoms with van der Waals surface area (Å²) in [6.45, 7) is 4.45. The first kappa shape index (κ1) is 15.2. The highest BCUT2D eigenvalue weighted by Gasteiger charge is 2.31. The topological polar surface area (TPSA) is 52.6 Å². The van der Waals surface area contributed by atoms with E-state index in [2.05, 4.69) is 0 Å². The molecule has 1 fully saturated rings. The second kappa shape index (κ2) is 8.25. The van der Waals surface area contributed by atoms with Crippen LogP contribution in [0.1, 0.15) is 52.4 Å². The molecule has 1 aliphatic carbocycles. The molecule has 0 aliphatic heterocycles. The minimum absolute atomic E-state index is 0.123. The quantitative estimate of drug-likeness (QED) is 0.519. The van der Waals surface area contributed by atoms with Crippen molar-refractivity contribution >= 4 is 11.8 Å². The summed E-state index contributed by atoms with van der Waals surface area (Å²) in [5.41, 5.74) is 0. The van der Waals surface area contributed by atoms with E-state index in [4.69, 9.17) is 9.47 Å². The van der Waals surface area contributed by atoms with Gasteiger partial charge in [-0.25, -0.2) is 0 Å². The average molecular weight is 256 g/mol. The predicted octanol–water partition coefficient (Wildman–Crippen LogP) is 2.49. The number of ether oxygens (including phenoxy) is 2. The SMILES string of the molecule is CCOC(=O)CC(=O)C(OCC)C1CCCCC1. The molecule has 0 spiro atoms. The summed E-state index contributed by atoms with van der Waals surface area (Å²) in [5, 5.41) is 0. The molecule has 1 atom stereocenters. The molecule has 4 nitrogen and oxygen atoms in total. The van der Waals surface area contributed by atoms with Crippen molar-refractivity contribution < 1.29 is 19.1 Å². The monoisotopic (exact) mass is 256 g/mol.